The Morgan fingerprint density at radius 2 is 1.74 bits per heavy atom. The molecule has 1 aromatic rings. The first-order valence-electron chi connectivity index (χ1n) is 7.56. The predicted octanol–water partition coefficient (Wildman–Crippen LogP) is 3.30. The second-order valence-corrected chi connectivity index (χ2v) is 6.25. The van der Waals surface area contributed by atoms with Gasteiger partial charge in [0.05, 0.1) is 0 Å². The smallest absolute Gasteiger partial charge is 0.0447 e. The predicted molar refractivity (Wildman–Crippen MR) is 82.6 cm³/mol. The van der Waals surface area contributed by atoms with Gasteiger partial charge in [-0.15, -0.1) is 0 Å². The SMILES string of the molecule is CNC(CN1CCC(C)CC1)c1cc(C)cc(C)c1. The molecule has 1 unspecified atom stereocenters. The molecule has 0 amide bonds. The van der Waals surface area contributed by atoms with Gasteiger partial charge in [0.1, 0.15) is 0 Å². The Labute approximate surface area is 118 Å². The van der Waals surface area contributed by atoms with Crippen molar-refractivity contribution in [3.05, 3.63) is 34.9 Å². The van der Waals surface area contributed by atoms with E-state index in [-0.39, 0.29) is 0 Å². The largest absolute Gasteiger partial charge is 0.312 e. The minimum atomic E-state index is 0.451. The zero-order chi connectivity index (χ0) is 13.8. The highest BCUT2D eigenvalue weighted by Crippen LogP contribution is 2.21. The lowest BCUT2D eigenvalue weighted by molar-refractivity contribution is 0.177. The number of rotatable bonds is 4. The van der Waals surface area contributed by atoms with Crippen LogP contribution < -0.4 is 5.32 Å². The summed E-state index contributed by atoms with van der Waals surface area (Å²) in [6.45, 7) is 10.4. The molecule has 0 aliphatic carbocycles. The average molecular weight is 260 g/mol. The van der Waals surface area contributed by atoms with Crippen molar-refractivity contribution in [1.82, 2.24) is 10.2 Å². The third-order valence-corrected chi connectivity index (χ3v) is 4.31. The van der Waals surface area contributed by atoms with Gasteiger partial charge in [-0.2, -0.15) is 0 Å². The van der Waals surface area contributed by atoms with Crippen LogP contribution in [0.3, 0.4) is 0 Å². The zero-order valence-electron chi connectivity index (χ0n) is 12.9. The monoisotopic (exact) mass is 260 g/mol. The topological polar surface area (TPSA) is 15.3 Å². The maximum absolute atomic E-state index is 3.49. The molecule has 2 rings (SSSR count). The number of nitrogens with one attached hydrogen (secondary N) is 1. The first-order chi connectivity index (χ1) is 9.08. The van der Waals surface area contributed by atoms with Crippen molar-refractivity contribution in [2.75, 3.05) is 26.7 Å². The Kier molecular flexibility index (Phi) is 5.00. The van der Waals surface area contributed by atoms with Gasteiger partial charge in [-0.1, -0.05) is 36.2 Å². The second kappa shape index (κ2) is 6.53. The molecule has 106 valence electrons. The third-order valence-electron chi connectivity index (χ3n) is 4.31. The molecule has 0 bridgehead atoms. The van der Waals surface area contributed by atoms with Crippen LogP contribution in [0.4, 0.5) is 0 Å². The number of benzene rings is 1. The molecule has 19 heavy (non-hydrogen) atoms. The van der Waals surface area contributed by atoms with E-state index in [1.807, 2.05) is 0 Å². The molecule has 1 N–H and O–H groups in total. The first kappa shape index (κ1) is 14.5. The van der Waals surface area contributed by atoms with Gasteiger partial charge < -0.3 is 10.2 Å². The lowest BCUT2D eigenvalue weighted by atomic mass is 9.97. The molecule has 1 aromatic carbocycles. The zero-order valence-corrected chi connectivity index (χ0v) is 12.9. The fourth-order valence-corrected chi connectivity index (χ4v) is 3.08. The Morgan fingerprint density at radius 3 is 2.26 bits per heavy atom. The molecule has 2 heteroatoms. The molecule has 0 radical (unpaired) electrons. The lowest BCUT2D eigenvalue weighted by Gasteiger charge is -2.33. The van der Waals surface area contributed by atoms with Gasteiger partial charge in [0, 0.05) is 12.6 Å². The van der Waals surface area contributed by atoms with Crippen LogP contribution in [0.2, 0.25) is 0 Å². The van der Waals surface area contributed by atoms with Gasteiger partial charge in [0.2, 0.25) is 0 Å². The molecule has 1 aliphatic heterocycles. The van der Waals surface area contributed by atoms with Crippen molar-refractivity contribution >= 4 is 0 Å². The number of likely N-dealkylation sites (tertiary alicyclic amines) is 1. The van der Waals surface area contributed by atoms with E-state index in [2.05, 4.69) is 56.2 Å². The van der Waals surface area contributed by atoms with Gasteiger partial charge >= 0.3 is 0 Å². The summed E-state index contributed by atoms with van der Waals surface area (Å²) in [5.74, 6) is 0.908. The summed E-state index contributed by atoms with van der Waals surface area (Å²) in [4.78, 5) is 2.61. The van der Waals surface area contributed by atoms with Gasteiger partial charge in [0.15, 0.2) is 0 Å². The molecule has 1 saturated heterocycles. The number of likely N-dealkylation sites (N-methyl/N-ethyl adjacent to an activating group) is 1. The maximum atomic E-state index is 3.49. The molecule has 1 heterocycles. The number of nitrogens with zero attached hydrogens (tertiary/aromatic N) is 1. The summed E-state index contributed by atoms with van der Waals surface area (Å²) in [6, 6.07) is 7.34. The fraction of sp³-hybridized carbons (Fsp3) is 0.647. The minimum absolute atomic E-state index is 0.451. The molecule has 0 spiro atoms. The number of piperidine rings is 1. The van der Waals surface area contributed by atoms with E-state index in [1.54, 1.807) is 0 Å². The fourth-order valence-electron chi connectivity index (χ4n) is 3.08. The average Bonchev–Trinajstić information content (AvgIpc) is 2.37. The van der Waals surface area contributed by atoms with Gasteiger partial charge in [-0.3, -0.25) is 0 Å². The minimum Gasteiger partial charge on any atom is -0.312 e. The summed E-state index contributed by atoms with van der Waals surface area (Å²) in [5.41, 5.74) is 4.16. The summed E-state index contributed by atoms with van der Waals surface area (Å²) < 4.78 is 0. The standard InChI is InChI=1S/C17H28N2/c1-13-5-7-19(8-6-13)12-17(18-4)16-10-14(2)9-15(3)11-16/h9-11,13,17-18H,5-8,12H2,1-4H3. The van der Waals surface area contributed by atoms with Crippen molar-refractivity contribution in [2.24, 2.45) is 5.92 Å². The van der Waals surface area contributed by atoms with Crippen LogP contribution in [0.5, 0.6) is 0 Å². The Balaban J connectivity index is 2.03. The normalized spacial score (nSPS) is 19.6. The highest BCUT2D eigenvalue weighted by Gasteiger charge is 2.19. The van der Waals surface area contributed by atoms with E-state index < -0.39 is 0 Å². The van der Waals surface area contributed by atoms with Gasteiger partial charge in [0.25, 0.3) is 0 Å². The second-order valence-electron chi connectivity index (χ2n) is 6.25. The van der Waals surface area contributed by atoms with Crippen molar-refractivity contribution in [3.63, 3.8) is 0 Å². The number of aryl methyl sites for hydroxylation is 2. The number of hydrogen-bond donors (Lipinski definition) is 1. The van der Waals surface area contributed by atoms with E-state index in [0.29, 0.717) is 6.04 Å². The van der Waals surface area contributed by atoms with Crippen LogP contribution in [0.1, 0.15) is 42.5 Å². The van der Waals surface area contributed by atoms with Gasteiger partial charge in [-0.25, -0.2) is 0 Å². The molecular weight excluding hydrogens is 232 g/mol. The van der Waals surface area contributed by atoms with Crippen LogP contribution >= 0.6 is 0 Å². The third kappa shape index (κ3) is 4.05. The molecule has 0 aromatic heterocycles. The van der Waals surface area contributed by atoms with Crippen molar-refractivity contribution in [1.29, 1.82) is 0 Å². The Hall–Kier alpha value is -0.860. The summed E-state index contributed by atoms with van der Waals surface area (Å²) in [6.07, 6.45) is 2.70. The maximum Gasteiger partial charge on any atom is 0.0447 e. The van der Waals surface area contributed by atoms with E-state index >= 15 is 0 Å². The highest BCUT2D eigenvalue weighted by atomic mass is 15.1. The number of hydrogen-bond acceptors (Lipinski definition) is 2. The molecule has 1 fully saturated rings. The van der Waals surface area contributed by atoms with E-state index in [0.717, 1.165) is 12.5 Å². The Morgan fingerprint density at radius 1 is 1.16 bits per heavy atom. The van der Waals surface area contributed by atoms with Crippen LogP contribution in [0.25, 0.3) is 0 Å². The van der Waals surface area contributed by atoms with E-state index in [9.17, 15) is 0 Å². The van der Waals surface area contributed by atoms with Gasteiger partial charge in [-0.05, 0) is 58.3 Å². The van der Waals surface area contributed by atoms with E-state index in [1.165, 1.54) is 42.6 Å². The lowest BCUT2D eigenvalue weighted by Crippen LogP contribution is -2.39. The molecule has 2 nitrogen and oxygen atoms in total. The highest BCUT2D eigenvalue weighted by molar-refractivity contribution is 5.30. The molecule has 0 saturated carbocycles. The van der Waals surface area contributed by atoms with Crippen LogP contribution in [-0.2, 0) is 0 Å². The van der Waals surface area contributed by atoms with E-state index in [4.69, 9.17) is 0 Å². The quantitative estimate of drug-likeness (QED) is 0.893. The first-order valence-corrected chi connectivity index (χ1v) is 7.56. The molecule has 1 aliphatic rings. The van der Waals surface area contributed by atoms with Crippen LogP contribution in [-0.4, -0.2) is 31.6 Å². The summed E-state index contributed by atoms with van der Waals surface area (Å²) in [5, 5.41) is 3.49. The van der Waals surface area contributed by atoms with Crippen LogP contribution in [0, 0.1) is 19.8 Å². The van der Waals surface area contributed by atoms with Crippen molar-refractivity contribution in [2.45, 2.75) is 39.7 Å². The van der Waals surface area contributed by atoms with Crippen molar-refractivity contribution < 1.29 is 0 Å². The van der Waals surface area contributed by atoms with Crippen molar-refractivity contribution in [3.8, 4) is 0 Å². The van der Waals surface area contributed by atoms with Crippen LogP contribution in [0.15, 0.2) is 18.2 Å². The molecule has 1 atom stereocenters. The summed E-state index contributed by atoms with van der Waals surface area (Å²) >= 11 is 0. The summed E-state index contributed by atoms with van der Waals surface area (Å²) in [7, 11) is 2.08. The Bertz CT molecular complexity index is 385. The molecular formula is C17H28N2.